The molecule has 1 atom stereocenters. The maximum atomic E-state index is 13.1. The molecule has 0 bridgehead atoms. The van der Waals surface area contributed by atoms with Gasteiger partial charge in [0.1, 0.15) is 11.5 Å². The number of carbonyl (C=O) groups excluding carboxylic acids is 2. The van der Waals surface area contributed by atoms with Gasteiger partial charge >= 0.3 is 0 Å². The number of methoxy groups -OCH3 is 1. The number of carbonyl (C=O) groups is 2. The molecule has 142 valence electrons. The number of nitrogens with one attached hydrogen (secondary N) is 2. The van der Waals surface area contributed by atoms with Crippen LogP contribution in [0.1, 0.15) is 32.6 Å². The second-order valence-corrected chi connectivity index (χ2v) is 7.01. The lowest BCUT2D eigenvalue weighted by atomic mass is 10.1. The van der Waals surface area contributed by atoms with E-state index in [1.807, 2.05) is 6.07 Å². The van der Waals surface area contributed by atoms with Crippen LogP contribution in [0.2, 0.25) is 0 Å². The zero-order valence-corrected chi connectivity index (χ0v) is 16.4. The summed E-state index contributed by atoms with van der Waals surface area (Å²) in [5.74, 6) is 0.363. The Morgan fingerprint density at radius 2 is 2.00 bits per heavy atom. The third-order valence-electron chi connectivity index (χ3n) is 4.37. The van der Waals surface area contributed by atoms with Crippen LogP contribution in [-0.2, 0) is 0 Å². The number of fused-ring (bicyclic) bond motifs is 1. The van der Waals surface area contributed by atoms with Gasteiger partial charge in [0.2, 0.25) is 0 Å². The highest BCUT2D eigenvalue weighted by atomic mass is 79.9. The first-order chi connectivity index (χ1) is 13.6. The SMILES string of the molecule is COc1ccc(C(=O)NN2C(=O)c3cc(Br)ccc3NC2c2ccco2)cc1. The van der Waals surface area contributed by atoms with Gasteiger partial charge in [-0.1, -0.05) is 15.9 Å². The number of rotatable bonds is 4. The summed E-state index contributed by atoms with van der Waals surface area (Å²) in [6, 6.07) is 15.4. The first-order valence-electron chi connectivity index (χ1n) is 8.45. The molecular weight excluding hydrogens is 426 g/mol. The second-order valence-electron chi connectivity index (χ2n) is 6.10. The Kier molecular flexibility index (Phi) is 4.79. The Morgan fingerprint density at radius 1 is 1.21 bits per heavy atom. The van der Waals surface area contributed by atoms with Gasteiger partial charge in [0.15, 0.2) is 6.17 Å². The molecular formula is C20H16BrN3O4. The minimum absolute atomic E-state index is 0.349. The van der Waals surface area contributed by atoms with Crippen LogP contribution in [0.25, 0.3) is 0 Å². The van der Waals surface area contributed by atoms with Gasteiger partial charge < -0.3 is 14.5 Å². The van der Waals surface area contributed by atoms with Crippen LogP contribution in [0.5, 0.6) is 5.75 Å². The number of ether oxygens (including phenoxy) is 1. The van der Waals surface area contributed by atoms with E-state index in [9.17, 15) is 9.59 Å². The summed E-state index contributed by atoms with van der Waals surface area (Å²) in [6.45, 7) is 0. The van der Waals surface area contributed by atoms with E-state index in [-0.39, 0.29) is 5.91 Å². The van der Waals surface area contributed by atoms with Crippen LogP contribution in [-0.4, -0.2) is 23.9 Å². The molecule has 0 saturated heterocycles. The molecule has 0 spiro atoms. The normalized spacial score (nSPS) is 15.6. The van der Waals surface area contributed by atoms with Crippen molar-refractivity contribution in [3.8, 4) is 5.75 Å². The fraction of sp³-hybridized carbons (Fsp3) is 0.100. The van der Waals surface area contributed by atoms with Gasteiger partial charge in [-0.15, -0.1) is 0 Å². The zero-order chi connectivity index (χ0) is 19.7. The summed E-state index contributed by atoms with van der Waals surface area (Å²) >= 11 is 3.38. The molecule has 0 radical (unpaired) electrons. The van der Waals surface area contributed by atoms with Gasteiger partial charge in [-0.05, 0) is 54.6 Å². The summed E-state index contributed by atoms with van der Waals surface area (Å²) in [5, 5.41) is 4.47. The molecule has 1 aliphatic heterocycles. The maximum Gasteiger partial charge on any atom is 0.276 e. The standard InChI is InChI=1S/C20H16BrN3O4/c1-27-14-7-4-12(5-8-14)19(25)23-24-18(17-3-2-10-28-17)22-16-9-6-13(21)11-15(16)20(24)26/h2-11,18,22H,1H3,(H,23,25). The molecule has 28 heavy (non-hydrogen) atoms. The molecule has 1 aliphatic rings. The number of halogens is 1. The zero-order valence-electron chi connectivity index (χ0n) is 14.8. The number of amides is 2. The van der Waals surface area contributed by atoms with Crippen LogP contribution in [0.4, 0.5) is 5.69 Å². The van der Waals surface area contributed by atoms with Gasteiger partial charge in [-0.2, -0.15) is 0 Å². The molecule has 2 aromatic carbocycles. The smallest absolute Gasteiger partial charge is 0.276 e. The molecule has 3 aromatic rings. The Hall–Kier alpha value is -3.26. The van der Waals surface area contributed by atoms with Gasteiger partial charge in [0.05, 0.1) is 18.9 Å². The Morgan fingerprint density at radius 3 is 2.68 bits per heavy atom. The fourth-order valence-corrected chi connectivity index (χ4v) is 3.32. The van der Waals surface area contributed by atoms with Crippen molar-refractivity contribution in [3.05, 3.63) is 82.2 Å². The van der Waals surface area contributed by atoms with Crippen molar-refractivity contribution in [2.45, 2.75) is 6.17 Å². The first kappa shape index (κ1) is 18.1. The number of hydrogen-bond acceptors (Lipinski definition) is 5. The predicted molar refractivity (Wildman–Crippen MR) is 106 cm³/mol. The lowest BCUT2D eigenvalue weighted by Gasteiger charge is -2.36. The highest BCUT2D eigenvalue weighted by Crippen LogP contribution is 2.33. The minimum Gasteiger partial charge on any atom is -0.497 e. The average Bonchev–Trinajstić information content (AvgIpc) is 3.25. The molecule has 7 nitrogen and oxygen atoms in total. The minimum atomic E-state index is -0.682. The van der Waals surface area contributed by atoms with Gasteiger partial charge in [0, 0.05) is 15.7 Å². The average molecular weight is 442 g/mol. The van der Waals surface area contributed by atoms with Crippen molar-refractivity contribution in [1.29, 1.82) is 0 Å². The quantitative estimate of drug-likeness (QED) is 0.639. The molecule has 0 saturated carbocycles. The third-order valence-corrected chi connectivity index (χ3v) is 4.86. The van der Waals surface area contributed by atoms with E-state index in [1.165, 1.54) is 11.3 Å². The first-order valence-corrected chi connectivity index (χ1v) is 9.24. The van der Waals surface area contributed by atoms with Crippen LogP contribution in [0.15, 0.2) is 69.8 Å². The third kappa shape index (κ3) is 3.34. The van der Waals surface area contributed by atoms with Crippen molar-refractivity contribution in [3.63, 3.8) is 0 Å². The van der Waals surface area contributed by atoms with Crippen molar-refractivity contribution in [1.82, 2.24) is 10.4 Å². The fourth-order valence-electron chi connectivity index (χ4n) is 2.96. The van der Waals surface area contributed by atoms with E-state index in [0.717, 1.165) is 4.47 Å². The van der Waals surface area contributed by atoms with E-state index >= 15 is 0 Å². The Balaban J connectivity index is 1.67. The molecule has 1 unspecified atom stereocenters. The van der Waals surface area contributed by atoms with Crippen molar-refractivity contribution in [2.24, 2.45) is 0 Å². The van der Waals surface area contributed by atoms with Gasteiger partial charge in [0.25, 0.3) is 11.8 Å². The van der Waals surface area contributed by atoms with Crippen molar-refractivity contribution >= 4 is 33.4 Å². The molecule has 1 aromatic heterocycles. The number of anilines is 1. The summed E-state index contributed by atoms with van der Waals surface area (Å²) in [7, 11) is 1.55. The Bertz CT molecular complexity index is 1020. The van der Waals surface area contributed by atoms with Crippen LogP contribution in [0.3, 0.4) is 0 Å². The molecule has 4 rings (SSSR count). The molecule has 2 amide bonds. The molecule has 2 heterocycles. The number of benzene rings is 2. The van der Waals surface area contributed by atoms with E-state index in [2.05, 4.69) is 26.7 Å². The van der Waals surface area contributed by atoms with E-state index in [4.69, 9.17) is 9.15 Å². The predicted octanol–water partition coefficient (Wildman–Crippen LogP) is 3.96. The van der Waals surface area contributed by atoms with E-state index < -0.39 is 12.1 Å². The van der Waals surface area contributed by atoms with Crippen molar-refractivity contribution in [2.75, 3.05) is 12.4 Å². The molecule has 2 N–H and O–H groups in total. The maximum absolute atomic E-state index is 13.1. The largest absolute Gasteiger partial charge is 0.497 e. The second kappa shape index (κ2) is 7.40. The summed E-state index contributed by atoms with van der Waals surface area (Å²) in [5.41, 5.74) is 4.18. The monoisotopic (exact) mass is 441 g/mol. The highest BCUT2D eigenvalue weighted by molar-refractivity contribution is 9.10. The number of nitrogens with zero attached hydrogens (tertiary/aromatic N) is 1. The summed E-state index contributed by atoms with van der Waals surface area (Å²) in [6.07, 6.45) is 0.834. The summed E-state index contributed by atoms with van der Waals surface area (Å²) < 4.78 is 11.3. The van der Waals surface area contributed by atoms with E-state index in [1.54, 1.807) is 55.6 Å². The highest BCUT2D eigenvalue weighted by Gasteiger charge is 2.36. The van der Waals surface area contributed by atoms with Crippen molar-refractivity contribution < 1.29 is 18.7 Å². The van der Waals surface area contributed by atoms with E-state index in [0.29, 0.717) is 28.3 Å². The topological polar surface area (TPSA) is 83.8 Å². The molecule has 8 heteroatoms. The lowest BCUT2D eigenvalue weighted by Crippen LogP contribution is -2.52. The van der Waals surface area contributed by atoms with Crippen LogP contribution < -0.4 is 15.5 Å². The molecule has 0 aliphatic carbocycles. The lowest BCUT2D eigenvalue weighted by molar-refractivity contribution is 0.0467. The Labute approximate surface area is 169 Å². The molecule has 0 fully saturated rings. The number of furan rings is 1. The van der Waals surface area contributed by atoms with Crippen LogP contribution in [0, 0.1) is 0 Å². The number of hydrogen-bond donors (Lipinski definition) is 2. The van der Waals surface area contributed by atoms with Gasteiger partial charge in [-0.25, -0.2) is 5.01 Å². The summed E-state index contributed by atoms with van der Waals surface area (Å²) in [4.78, 5) is 25.9. The van der Waals surface area contributed by atoms with Gasteiger partial charge in [-0.3, -0.25) is 15.0 Å². The number of hydrazine groups is 1. The van der Waals surface area contributed by atoms with Crippen LogP contribution >= 0.6 is 15.9 Å².